The largest absolute Gasteiger partial charge is 0.301 e. The molecule has 2 aromatic carbocycles. The van der Waals surface area contributed by atoms with E-state index in [-0.39, 0.29) is 5.78 Å². The van der Waals surface area contributed by atoms with E-state index in [1.54, 1.807) is 6.92 Å². The highest BCUT2D eigenvalue weighted by Crippen LogP contribution is 2.36. The molecule has 0 unspecified atom stereocenters. The molecule has 3 nitrogen and oxygen atoms in total. The Labute approximate surface area is 138 Å². The van der Waals surface area contributed by atoms with Gasteiger partial charge >= 0.3 is 0 Å². The maximum absolute atomic E-state index is 11.7. The van der Waals surface area contributed by atoms with Gasteiger partial charge in [0.15, 0.2) is 5.78 Å². The van der Waals surface area contributed by atoms with Gasteiger partial charge in [-0.15, -0.1) is 0 Å². The molecule has 1 saturated carbocycles. The summed E-state index contributed by atoms with van der Waals surface area (Å²) in [6.07, 6.45) is 6.53. The molecule has 1 aliphatic rings. The van der Waals surface area contributed by atoms with Crippen LogP contribution in [0, 0.1) is 0 Å². The molecule has 3 heteroatoms. The monoisotopic (exact) mass is 308 g/mol. The zero-order chi connectivity index (χ0) is 16.1. The second kappa shape index (κ2) is 7.32. The van der Waals surface area contributed by atoms with Crippen LogP contribution in [0.1, 0.15) is 60.9 Å². The number of hydrazine groups is 1. The normalized spacial score (nSPS) is 15.2. The topological polar surface area (TPSA) is 41.1 Å². The highest BCUT2D eigenvalue weighted by molar-refractivity contribution is 5.99. The number of hydrogen-bond donors (Lipinski definition) is 2. The van der Waals surface area contributed by atoms with E-state index in [1.807, 2.05) is 30.3 Å². The summed E-state index contributed by atoms with van der Waals surface area (Å²) in [5.74, 6) is 0.702. The third-order valence-electron chi connectivity index (χ3n) is 4.64. The van der Waals surface area contributed by atoms with Crippen LogP contribution >= 0.6 is 0 Å². The quantitative estimate of drug-likeness (QED) is 0.576. The van der Waals surface area contributed by atoms with Gasteiger partial charge in [0.2, 0.25) is 0 Å². The second-order valence-electron chi connectivity index (χ2n) is 6.27. The molecule has 0 radical (unpaired) electrons. The fourth-order valence-electron chi connectivity index (χ4n) is 3.41. The molecule has 1 fully saturated rings. The number of nitrogens with one attached hydrogen (secondary N) is 2. The summed E-state index contributed by atoms with van der Waals surface area (Å²) in [6.45, 7) is 1.59. The number of ketones is 1. The number of rotatable bonds is 5. The molecule has 0 aromatic heterocycles. The summed E-state index contributed by atoms with van der Waals surface area (Å²) in [7, 11) is 0. The lowest BCUT2D eigenvalue weighted by molar-refractivity contribution is 0.101. The minimum atomic E-state index is 0.0652. The molecule has 0 aliphatic heterocycles. The Morgan fingerprint density at radius 1 is 0.870 bits per heavy atom. The standard InChI is InChI=1S/C20H24N2O/c1-15(23)17-11-5-7-13-19(17)21-22-20-14-8-6-12-18(20)16-9-3-2-4-10-16/h5-8,11-14,16,21-22H,2-4,9-10H2,1H3. The van der Waals surface area contributed by atoms with Crippen molar-refractivity contribution in [3.8, 4) is 0 Å². The second-order valence-corrected chi connectivity index (χ2v) is 6.27. The summed E-state index contributed by atoms with van der Waals surface area (Å²) < 4.78 is 0. The number of benzene rings is 2. The molecule has 0 heterocycles. The van der Waals surface area contributed by atoms with Crippen molar-refractivity contribution in [2.24, 2.45) is 0 Å². The first-order chi connectivity index (χ1) is 11.3. The minimum Gasteiger partial charge on any atom is -0.301 e. The highest BCUT2D eigenvalue weighted by atomic mass is 16.1. The summed E-state index contributed by atoms with van der Waals surface area (Å²) in [6, 6.07) is 16.1. The summed E-state index contributed by atoms with van der Waals surface area (Å²) in [4.78, 5) is 11.7. The molecular formula is C20H24N2O. The maximum atomic E-state index is 11.7. The highest BCUT2D eigenvalue weighted by Gasteiger charge is 2.18. The predicted molar refractivity (Wildman–Crippen MR) is 96.0 cm³/mol. The Hall–Kier alpha value is -2.29. The van der Waals surface area contributed by atoms with Gasteiger partial charge in [0.1, 0.15) is 0 Å². The number of hydrogen-bond acceptors (Lipinski definition) is 3. The van der Waals surface area contributed by atoms with E-state index in [4.69, 9.17) is 0 Å². The average molecular weight is 308 g/mol. The number of anilines is 2. The van der Waals surface area contributed by atoms with E-state index >= 15 is 0 Å². The maximum Gasteiger partial charge on any atom is 0.161 e. The van der Waals surface area contributed by atoms with Gasteiger partial charge in [0.05, 0.1) is 11.4 Å². The summed E-state index contributed by atoms with van der Waals surface area (Å²) in [5.41, 5.74) is 10.5. The van der Waals surface area contributed by atoms with Crippen LogP contribution in [0.4, 0.5) is 11.4 Å². The molecule has 0 atom stereocenters. The van der Waals surface area contributed by atoms with E-state index < -0.39 is 0 Å². The molecule has 0 amide bonds. The lowest BCUT2D eigenvalue weighted by atomic mass is 9.83. The van der Waals surface area contributed by atoms with Gasteiger partial charge in [0, 0.05) is 5.56 Å². The van der Waals surface area contributed by atoms with Gasteiger partial charge in [-0.25, -0.2) is 0 Å². The lowest BCUT2D eigenvalue weighted by Gasteiger charge is -2.25. The van der Waals surface area contributed by atoms with Gasteiger partial charge < -0.3 is 10.9 Å². The number of carbonyl (C=O) groups excluding carboxylic acids is 1. The fourth-order valence-corrected chi connectivity index (χ4v) is 3.41. The van der Waals surface area contributed by atoms with Crippen molar-refractivity contribution in [3.05, 3.63) is 59.7 Å². The number of para-hydroxylation sites is 2. The van der Waals surface area contributed by atoms with Crippen molar-refractivity contribution in [3.63, 3.8) is 0 Å². The Balaban J connectivity index is 1.77. The zero-order valence-corrected chi connectivity index (χ0v) is 13.6. The third kappa shape index (κ3) is 3.73. The van der Waals surface area contributed by atoms with Gasteiger partial charge in [-0.2, -0.15) is 0 Å². The molecular weight excluding hydrogens is 284 g/mol. The lowest BCUT2D eigenvalue weighted by Crippen LogP contribution is -2.15. The van der Waals surface area contributed by atoms with Gasteiger partial charge in [-0.1, -0.05) is 49.6 Å². The molecule has 2 N–H and O–H groups in total. The zero-order valence-electron chi connectivity index (χ0n) is 13.6. The van der Waals surface area contributed by atoms with Crippen LogP contribution in [0.15, 0.2) is 48.5 Å². The smallest absolute Gasteiger partial charge is 0.161 e. The van der Waals surface area contributed by atoms with Crippen molar-refractivity contribution in [1.82, 2.24) is 0 Å². The molecule has 1 aliphatic carbocycles. The first kappa shape index (κ1) is 15.6. The molecule has 0 saturated heterocycles. The van der Waals surface area contributed by atoms with Crippen LogP contribution in [0.25, 0.3) is 0 Å². The molecule has 2 aromatic rings. The van der Waals surface area contributed by atoms with E-state index in [0.29, 0.717) is 11.5 Å². The predicted octanol–water partition coefficient (Wildman–Crippen LogP) is 5.38. The van der Waals surface area contributed by atoms with E-state index in [0.717, 1.165) is 11.4 Å². The molecule has 0 spiro atoms. The third-order valence-corrected chi connectivity index (χ3v) is 4.64. The summed E-state index contributed by atoms with van der Waals surface area (Å²) >= 11 is 0. The minimum absolute atomic E-state index is 0.0652. The van der Waals surface area contributed by atoms with E-state index in [9.17, 15) is 4.79 Å². The molecule has 23 heavy (non-hydrogen) atoms. The Bertz CT molecular complexity index is 675. The average Bonchev–Trinajstić information content (AvgIpc) is 2.61. The van der Waals surface area contributed by atoms with E-state index in [2.05, 4.69) is 29.1 Å². The van der Waals surface area contributed by atoms with Crippen molar-refractivity contribution in [2.75, 3.05) is 10.9 Å². The van der Waals surface area contributed by atoms with Crippen molar-refractivity contribution in [2.45, 2.75) is 44.9 Å². The van der Waals surface area contributed by atoms with Crippen LogP contribution in [0.2, 0.25) is 0 Å². The Morgan fingerprint density at radius 2 is 1.48 bits per heavy atom. The number of carbonyl (C=O) groups is 1. The molecule has 3 rings (SSSR count). The van der Waals surface area contributed by atoms with Crippen molar-refractivity contribution >= 4 is 17.2 Å². The van der Waals surface area contributed by atoms with Crippen LogP contribution in [0.3, 0.4) is 0 Å². The van der Waals surface area contributed by atoms with E-state index in [1.165, 1.54) is 37.7 Å². The fraction of sp³-hybridized carbons (Fsp3) is 0.350. The first-order valence-corrected chi connectivity index (χ1v) is 8.46. The van der Waals surface area contributed by atoms with Crippen molar-refractivity contribution < 1.29 is 4.79 Å². The molecule has 120 valence electrons. The summed E-state index contributed by atoms with van der Waals surface area (Å²) in [5, 5.41) is 0. The van der Waals surface area contributed by atoms with Crippen LogP contribution in [-0.2, 0) is 0 Å². The van der Waals surface area contributed by atoms with Crippen LogP contribution in [0.5, 0.6) is 0 Å². The molecule has 0 bridgehead atoms. The Morgan fingerprint density at radius 3 is 2.22 bits per heavy atom. The first-order valence-electron chi connectivity index (χ1n) is 8.46. The van der Waals surface area contributed by atoms with Crippen molar-refractivity contribution in [1.29, 1.82) is 0 Å². The van der Waals surface area contributed by atoms with Gasteiger partial charge in [0.25, 0.3) is 0 Å². The SMILES string of the molecule is CC(=O)c1ccccc1NNc1ccccc1C1CCCCC1. The van der Waals surface area contributed by atoms with Gasteiger partial charge in [-0.05, 0) is 49.4 Å². The number of Topliss-reactive ketones (excluding diaryl/α,β-unsaturated/α-hetero) is 1. The van der Waals surface area contributed by atoms with Gasteiger partial charge in [-0.3, -0.25) is 4.79 Å². The Kier molecular flexibility index (Phi) is 4.96. The van der Waals surface area contributed by atoms with Crippen LogP contribution in [-0.4, -0.2) is 5.78 Å². The van der Waals surface area contributed by atoms with Crippen LogP contribution < -0.4 is 10.9 Å².